The third-order valence-electron chi connectivity index (χ3n) is 5.35. The van der Waals surface area contributed by atoms with Gasteiger partial charge in [-0.05, 0) is 36.1 Å². The lowest BCUT2D eigenvalue weighted by molar-refractivity contribution is 0.0975. The molecular weight excluding hydrogens is 344 g/mol. The summed E-state index contributed by atoms with van der Waals surface area (Å²) >= 11 is 0. The predicted molar refractivity (Wildman–Crippen MR) is 115 cm³/mol. The molecule has 0 saturated carbocycles. The van der Waals surface area contributed by atoms with Crippen LogP contribution in [0.1, 0.15) is 27.7 Å². The van der Waals surface area contributed by atoms with Gasteiger partial charge in [-0.1, -0.05) is 78.4 Å². The number of carbonyl (C=O) groups excluding carboxylic acids is 1. The topological polar surface area (TPSA) is 32.3 Å². The summed E-state index contributed by atoms with van der Waals surface area (Å²) in [6, 6.07) is 30.4. The Morgan fingerprint density at radius 1 is 0.786 bits per heavy atom. The third kappa shape index (κ3) is 2.64. The first-order chi connectivity index (χ1) is 13.7. The molecule has 3 heteroatoms. The van der Waals surface area contributed by atoms with Crippen molar-refractivity contribution < 1.29 is 4.79 Å². The molecule has 1 aliphatic heterocycles. The first kappa shape index (κ1) is 16.6. The van der Waals surface area contributed by atoms with Crippen molar-refractivity contribution >= 4 is 28.1 Å². The second-order valence-corrected chi connectivity index (χ2v) is 7.18. The number of fused-ring (bicyclic) bond motifs is 2. The molecule has 1 atom stereocenters. The van der Waals surface area contributed by atoms with Gasteiger partial charge in [0.2, 0.25) is 0 Å². The highest BCUT2D eigenvalue weighted by molar-refractivity contribution is 6.15. The van der Waals surface area contributed by atoms with Crippen molar-refractivity contribution in [1.82, 2.24) is 0 Å². The minimum atomic E-state index is -0.270. The number of nitrogens with zero attached hydrogens (tertiary/aromatic N) is 1. The second-order valence-electron chi connectivity index (χ2n) is 7.18. The van der Waals surface area contributed by atoms with Crippen LogP contribution in [0.3, 0.4) is 0 Å². The van der Waals surface area contributed by atoms with Gasteiger partial charge in [0.15, 0.2) is 0 Å². The van der Waals surface area contributed by atoms with E-state index in [1.54, 1.807) is 0 Å². The summed E-state index contributed by atoms with van der Waals surface area (Å²) in [6.45, 7) is 2.07. The number of amides is 1. The number of hydrogen-bond acceptors (Lipinski definition) is 2. The van der Waals surface area contributed by atoms with Crippen molar-refractivity contribution in [3.63, 3.8) is 0 Å². The van der Waals surface area contributed by atoms with Gasteiger partial charge in [0, 0.05) is 11.1 Å². The maximum Gasteiger partial charge on any atom is 0.262 e. The highest BCUT2D eigenvalue weighted by Crippen LogP contribution is 2.39. The largest absolute Gasteiger partial charge is 0.360 e. The maximum absolute atomic E-state index is 13.6. The van der Waals surface area contributed by atoms with E-state index in [0.29, 0.717) is 5.56 Å². The minimum Gasteiger partial charge on any atom is -0.360 e. The molecule has 0 aliphatic carbocycles. The molecule has 4 aromatic rings. The maximum atomic E-state index is 13.6. The van der Waals surface area contributed by atoms with Gasteiger partial charge in [0.1, 0.15) is 6.17 Å². The molecule has 1 amide bonds. The quantitative estimate of drug-likeness (QED) is 0.479. The first-order valence-electron chi connectivity index (χ1n) is 9.46. The van der Waals surface area contributed by atoms with Crippen LogP contribution < -0.4 is 10.2 Å². The Balaban J connectivity index is 1.74. The number of carbonyl (C=O) groups is 1. The number of benzene rings is 4. The van der Waals surface area contributed by atoms with Crippen LogP contribution in [-0.2, 0) is 0 Å². The molecule has 0 aromatic heterocycles. The van der Waals surface area contributed by atoms with Gasteiger partial charge in [-0.25, -0.2) is 0 Å². The number of para-hydroxylation sites is 1. The minimum absolute atomic E-state index is 0.0104. The van der Waals surface area contributed by atoms with Crippen molar-refractivity contribution in [3.05, 3.63) is 108 Å². The molecule has 4 aromatic carbocycles. The normalized spacial score (nSPS) is 16.0. The van der Waals surface area contributed by atoms with E-state index in [2.05, 4.69) is 54.7 Å². The van der Waals surface area contributed by atoms with E-state index >= 15 is 0 Å². The van der Waals surface area contributed by atoms with E-state index in [9.17, 15) is 4.79 Å². The van der Waals surface area contributed by atoms with Gasteiger partial charge in [-0.3, -0.25) is 9.69 Å². The van der Waals surface area contributed by atoms with E-state index in [1.165, 1.54) is 5.56 Å². The van der Waals surface area contributed by atoms with Crippen LogP contribution >= 0.6 is 0 Å². The van der Waals surface area contributed by atoms with Crippen LogP contribution in [0.15, 0.2) is 91.0 Å². The SMILES string of the molecule is Cc1ccc(C2Nc3ccccc3C(=O)N2c2cccc3ccccc23)cc1. The molecular formula is C25H20N2O. The average molecular weight is 364 g/mol. The Hall–Kier alpha value is -3.59. The van der Waals surface area contributed by atoms with Gasteiger partial charge < -0.3 is 5.32 Å². The highest BCUT2D eigenvalue weighted by Gasteiger charge is 2.34. The summed E-state index contributed by atoms with van der Waals surface area (Å²) in [5, 5.41) is 5.77. The molecule has 0 bridgehead atoms. The van der Waals surface area contributed by atoms with Crippen molar-refractivity contribution in [3.8, 4) is 0 Å². The predicted octanol–water partition coefficient (Wildman–Crippen LogP) is 5.92. The number of rotatable bonds is 2. The fourth-order valence-corrected chi connectivity index (χ4v) is 3.90. The Labute approximate surface area is 164 Å². The van der Waals surface area contributed by atoms with Gasteiger partial charge in [0.25, 0.3) is 5.91 Å². The standard InChI is InChI=1S/C25H20N2O/c1-17-13-15-19(16-14-17)24-26-22-11-5-4-10-21(22)25(28)27(24)23-12-6-8-18-7-2-3-9-20(18)23/h2-16,24,26H,1H3. The zero-order chi connectivity index (χ0) is 19.1. The summed E-state index contributed by atoms with van der Waals surface area (Å²) in [6.07, 6.45) is -0.270. The molecule has 0 radical (unpaired) electrons. The fraction of sp³-hybridized carbons (Fsp3) is 0.0800. The summed E-state index contributed by atoms with van der Waals surface area (Å²) in [5.74, 6) is 0.0104. The fourth-order valence-electron chi connectivity index (χ4n) is 3.90. The van der Waals surface area contributed by atoms with Crippen molar-refractivity contribution in [2.75, 3.05) is 10.2 Å². The van der Waals surface area contributed by atoms with Crippen LogP contribution in [0.2, 0.25) is 0 Å². The molecule has 1 heterocycles. The monoisotopic (exact) mass is 364 g/mol. The zero-order valence-electron chi connectivity index (χ0n) is 15.6. The average Bonchev–Trinajstić information content (AvgIpc) is 2.74. The highest BCUT2D eigenvalue weighted by atomic mass is 16.2. The van der Waals surface area contributed by atoms with Crippen LogP contribution in [-0.4, -0.2) is 5.91 Å². The van der Waals surface area contributed by atoms with Gasteiger partial charge in [-0.15, -0.1) is 0 Å². The molecule has 0 saturated heterocycles. The zero-order valence-corrected chi connectivity index (χ0v) is 15.6. The lowest BCUT2D eigenvalue weighted by Crippen LogP contribution is -2.43. The van der Waals surface area contributed by atoms with Crippen molar-refractivity contribution in [2.24, 2.45) is 0 Å². The molecule has 1 aliphatic rings. The van der Waals surface area contributed by atoms with Gasteiger partial charge in [-0.2, -0.15) is 0 Å². The number of nitrogens with one attached hydrogen (secondary N) is 1. The Morgan fingerprint density at radius 2 is 1.50 bits per heavy atom. The Kier molecular flexibility index (Phi) is 3.87. The lowest BCUT2D eigenvalue weighted by atomic mass is 10.00. The Morgan fingerprint density at radius 3 is 2.36 bits per heavy atom. The second kappa shape index (κ2) is 6.54. The molecule has 1 N–H and O–H groups in total. The lowest BCUT2D eigenvalue weighted by Gasteiger charge is -2.38. The van der Waals surface area contributed by atoms with Crippen LogP contribution in [0, 0.1) is 6.92 Å². The molecule has 5 rings (SSSR count). The molecule has 3 nitrogen and oxygen atoms in total. The Bertz CT molecular complexity index is 1180. The summed E-state index contributed by atoms with van der Waals surface area (Å²) in [5.41, 5.74) is 4.73. The van der Waals surface area contributed by atoms with E-state index in [4.69, 9.17) is 0 Å². The number of hydrogen-bond donors (Lipinski definition) is 1. The number of anilines is 2. The van der Waals surface area contributed by atoms with Crippen molar-refractivity contribution in [2.45, 2.75) is 13.1 Å². The third-order valence-corrected chi connectivity index (χ3v) is 5.35. The summed E-state index contributed by atoms with van der Waals surface area (Å²) < 4.78 is 0. The molecule has 0 spiro atoms. The van der Waals surface area contributed by atoms with E-state index in [0.717, 1.165) is 27.7 Å². The summed E-state index contributed by atoms with van der Waals surface area (Å²) in [7, 11) is 0. The van der Waals surface area contributed by atoms with Gasteiger partial charge >= 0.3 is 0 Å². The van der Waals surface area contributed by atoms with Crippen LogP contribution in [0.4, 0.5) is 11.4 Å². The summed E-state index contributed by atoms with van der Waals surface area (Å²) in [4.78, 5) is 15.5. The molecule has 136 valence electrons. The van der Waals surface area contributed by atoms with Crippen LogP contribution in [0.5, 0.6) is 0 Å². The first-order valence-corrected chi connectivity index (χ1v) is 9.46. The molecule has 0 fully saturated rings. The smallest absolute Gasteiger partial charge is 0.262 e. The van der Waals surface area contributed by atoms with Gasteiger partial charge in [0.05, 0.1) is 11.3 Å². The van der Waals surface area contributed by atoms with Crippen molar-refractivity contribution in [1.29, 1.82) is 0 Å². The van der Waals surface area contributed by atoms with Crippen LogP contribution in [0.25, 0.3) is 10.8 Å². The molecule has 28 heavy (non-hydrogen) atoms. The van der Waals surface area contributed by atoms with E-state index in [-0.39, 0.29) is 12.1 Å². The molecule has 1 unspecified atom stereocenters. The number of aryl methyl sites for hydroxylation is 1. The van der Waals surface area contributed by atoms with E-state index < -0.39 is 0 Å². The van der Waals surface area contributed by atoms with E-state index in [1.807, 2.05) is 53.4 Å².